The fraction of sp³-hybridized carbons (Fsp3) is 0.333. The minimum atomic E-state index is -0.703. The van der Waals surface area contributed by atoms with Crippen LogP contribution < -0.4 is 20.5 Å². The van der Waals surface area contributed by atoms with Crippen molar-refractivity contribution in [2.45, 2.75) is 18.9 Å². The van der Waals surface area contributed by atoms with Crippen LogP contribution in [0.2, 0.25) is 0 Å². The Bertz CT molecular complexity index is 1150. The van der Waals surface area contributed by atoms with Crippen LogP contribution in [-0.2, 0) is 4.79 Å². The molecule has 2 amide bonds. The van der Waals surface area contributed by atoms with Gasteiger partial charge in [-0.15, -0.1) is 0 Å². The molecule has 2 heterocycles. The van der Waals surface area contributed by atoms with E-state index < -0.39 is 5.91 Å². The number of nitrogens with one attached hydrogen (secondary N) is 1. The van der Waals surface area contributed by atoms with Gasteiger partial charge in [0.1, 0.15) is 23.0 Å². The Morgan fingerprint density at radius 2 is 1.88 bits per heavy atom. The number of hydrogen-bond acceptors (Lipinski definition) is 7. The maximum absolute atomic E-state index is 11.8. The Kier molecular flexibility index (Phi) is 5.92. The van der Waals surface area contributed by atoms with E-state index >= 15 is 0 Å². The summed E-state index contributed by atoms with van der Waals surface area (Å²) in [5.41, 5.74) is 6.46. The summed E-state index contributed by atoms with van der Waals surface area (Å²) in [7, 11) is 3.11. The number of benzene rings is 1. The molecule has 1 aliphatic heterocycles. The van der Waals surface area contributed by atoms with Crippen LogP contribution in [0.15, 0.2) is 37.1 Å². The van der Waals surface area contributed by atoms with Gasteiger partial charge in [0.05, 0.1) is 20.4 Å². The van der Waals surface area contributed by atoms with Crippen molar-refractivity contribution in [3.8, 4) is 23.3 Å². The van der Waals surface area contributed by atoms with Crippen LogP contribution in [0.3, 0.4) is 0 Å². The molecule has 1 aliphatic carbocycles. The summed E-state index contributed by atoms with van der Waals surface area (Å²) >= 11 is 0. The SMILES string of the molecule is C=CC(=O)N1CC2(CC(Nc3cnc(C(N)=O)c(C#Cc4cc(OC)cc(OC)c4)n3)C2)C1. The van der Waals surface area contributed by atoms with Gasteiger partial charge in [-0.3, -0.25) is 9.59 Å². The Morgan fingerprint density at radius 1 is 1.21 bits per heavy atom. The molecule has 1 aromatic heterocycles. The molecule has 2 aliphatic rings. The van der Waals surface area contributed by atoms with Crippen LogP contribution in [-0.4, -0.2) is 60.0 Å². The molecule has 0 bridgehead atoms. The van der Waals surface area contributed by atoms with Crippen LogP contribution in [0, 0.1) is 17.3 Å². The molecule has 4 rings (SSSR count). The molecule has 1 spiro atoms. The molecule has 9 heteroatoms. The smallest absolute Gasteiger partial charge is 0.270 e. The van der Waals surface area contributed by atoms with E-state index in [9.17, 15) is 9.59 Å². The number of nitrogens with two attached hydrogens (primary N) is 1. The highest BCUT2D eigenvalue weighted by Crippen LogP contribution is 2.49. The van der Waals surface area contributed by atoms with Gasteiger partial charge in [0, 0.05) is 36.2 Å². The standard InChI is InChI=1S/C24H25N5O4/c1-4-21(30)29-13-24(14-29)10-16(11-24)27-20-12-26-22(23(25)31)19(28-20)6-5-15-7-17(32-2)9-18(8-15)33-3/h4,7-9,12,16H,1,10-11,13-14H2,2-3H3,(H2,25,31)(H,27,28). The highest BCUT2D eigenvalue weighted by atomic mass is 16.5. The molecule has 1 saturated heterocycles. The number of carbonyl (C=O) groups excluding carboxylic acids is 2. The summed E-state index contributed by atoms with van der Waals surface area (Å²) in [4.78, 5) is 33.9. The second-order valence-corrected chi connectivity index (χ2v) is 8.32. The third-order valence-corrected chi connectivity index (χ3v) is 5.93. The average molecular weight is 447 g/mol. The lowest BCUT2D eigenvalue weighted by molar-refractivity contribution is -0.144. The third-order valence-electron chi connectivity index (χ3n) is 5.93. The van der Waals surface area contributed by atoms with Crippen molar-refractivity contribution in [3.05, 3.63) is 54.0 Å². The Labute approximate surface area is 192 Å². The average Bonchev–Trinajstić information content (AvgIpc) is 2.77. The van der Waals surface area contributed by atoms with E-state index in [1.807, 2.05) is 0 Å². The quantitative estimate of drug-likeness (QED) is 0.510. The maximum atomic E-state index is 11.8. The van der Waals surface area contributed by atoms with Gasteiger partial charge in [0.15, 0.2) is 5.69 Å². The highest BCUT2D eigenvalue weighted by Gasteiger charge is 2.53. The van der Waals surface area contributed by atoms with Gasteiger partial charge in [-0.25, -0.2) is 9.97 Å². The number of anilines is 1. The first-order valence-electron chi connectivity index (χ1n) is 10.4. The third kappa shape index (κ3) is 4.60. The molecule has 2 aromatic rings. The fourth-order valence-corrected chi connectivity index (χ4v) is 4.34. The zero-order chi connectivity index (χ0) is 23.6. The second kappa shape index (κ2) is 8.82. The Balaban J connectivity index is 1.48. The van der Waals surface area contributed by atoms with E-state index in [1.54, 1.807) is 37.3 Å². The lowest BCUT2D eigenvalue weighted by atomic mass is 9.60. The summed E-state index contributed by atoms with van der Waals surface area (Å²) < 4.78 is 10.5. The van der Waals surface area contributed by atoms with Gasteiger partial charge in [0.25, 0.3) is 5.91 Å². The minimum Gasteiger partial charge on any atom is -0.497 e. The number of likely N-dealkylation sites (tertiary alicyclic amines) is 1. The largest absolute Gasteiger partial charge is 0.497 e. The summed E-state index contributed by atoms with van der Waals surface area (Å²) in [6.07, 6.45) is 4.69. The van der Waals surface area contributed by atoms with Crippen molar-refractivity contribution in [1.82, 2.24) is 14.9 Å². The number of primary amides is 1. The lowest BCUT2D eigenvalue weighted by Gasteiger charge is -2.59. The number of amides is 2. The van der Waals surface area contributed by atoms with Crippen molar-refractivity contribution in [2.24, 2.45) is 11.1 Å². The number of hydrogen-bond donors (Lipinski definition) is 2. The number of ether oxygens (including phenoxy) is 2. The lowest BCUT2D eigenvalue weighted by Crippen LogP contribution is -2.65. The van der Waals surface area contributed by atoms with Gasteiger partial charge < -0.3 is 25.4 Å². The van der Waals surface area contributed by atoms with Crippen molar-refractivity contribution < 1.29 is 19.1 Å². The van der Waals surface area contributed by atoms with Crippen molar-refractivity contribution in [2.75, 3.05) is 32.6 Å². The molecular formula is C24H25N5O4. The van der Waals surface area contributed by atoms with E-state index in [-0.39, 0.29) is 28.8 Å². The van der Waals surface area contributed by atoms with Crippen LogP contribution in [0.1, 0.15) is 34.6 Å². The van der Waals surface area contributed by atoms with Crippen LogP contribution >= 0.6 is 0 Å². The summed E-state index contributed by atoms with van der Waals surface area (Å²) in [6, 6.07) is 5.46. The van der Waals surface area contributed by atoms with E-state index in [1.165, 1.54) is 12.3 Å². The molecule has 33 heavy (non-hydrogen) atoms. The Hall–Kier alpha value is -4.06. The molecule has 1 saturated carbocycles. The number of carbonyl (C=O) groups is 2. The zero-order valence-corrected chi connectivity index (χ0v) is 18.6. The molecule has 0 atom stereocenters. The Morgan fingerprint density at radius 3 is 2.45 bits per heavy atom. The first-order chi connectivity index (χ1) is 15.8. The topological polar surface area (TPSA) is 120 Å². The molecule has 2 fully saturated rings. The van der Waals surface area contributed by atoms with E-state index in [4.69, 9.17) is 15.2 Å². The van der Waals surface area contributed by atoms with E-state index in [0.717, 1.165) is 25.9 Å². The molecule has 0 unspecified atom stereocenters. The van der Waals surface area contributed by atoms with Crippen molar-refractivity contribution in [3.63, 3.8) is 0 Å². The number of rotatable bonds is 6. The molecule has 0 radical (unpaired) electrons. The number of nitrogens with zero attached hydrogens (tertiary/aromatic N) is 3. The van der Waals surface area contributed by atoms with E-state index in [0.29, 0.717) is 22.9 Å². The summed E-state index contributed by atoms with van der Waals surface area (Å²) in [5.74, 6) is 6.85. The molecule has 9 nitrogen and oxygen atoms in total. The highest BCUT2D eigenvalue weighted by molar-refractivity contribution is 5.93. The van der Waals surface area contributed by atoms with Gasteiger partial charge in [-0.2, -0.15) is 0 Å². The molecule has 170 valence electrons. The van der Waals surface area contributed by atoms with Gasteiger partial charge >= 0.3 is 0 Å². The summed E-state index contributed by atoms with van der Waals surface area (Å²) in [5, 5.41) is 3.34. The molecular weight excluding hydrogens is 422 g/mol. The first-order valence-corrected chi connectivity index (χ1v) is 10.4. The van der Waals surface area contributed by atoms with Gasteiger partial charge in [-0.05, 0) is 37.0 Å². The van der Waals surface area contributed by atoms with Crippen LogP contribution in [0.25, 0.3) is 0 Å². The van der Waals surface area contributed by atoms with Gasteiger partial charge in [0.2, 0.25) is 5.91 Å². The van der Waals surface area contributed by atoms with E-state index in [2.05, 4.69) is 33.7 Å². The number of methoxy groups -OCH3 is 2. The fourth-order valence-electron chi connectivity index (χ4n) is 4.34. The minimum absolute atomic E-state index is 0.00515. The summed E-state index contributed by atoms with van der Waals surface area (Å²) in [6.45, 7) is 5.04. The van der Waals surface area contributed by atoms with Crippen molar-refractivity contribution in [1.29, 1.82) is 0 Å². The van der Waals surface area contributed by atoms with Crippen LogP contribution in [0.4, 0.5) is 5.82 Å². The predicted molar refractivity (Wildman–Crippen MR) is 122 cm³/mol. The number of aromatic nitrogens is 2. The monoisotopic (exact) mass is 447 g/mol. The van der Waals surface area contributed by atoms with Crippen LogP contribution in [0.5, 0.6) is 11.5 Å². The maximum Gasteiger partial charge on any atom is 0.270 e. The van der Waals surface area contributed by atoms with Crippen molar-refractivity contribution >= 4 is 17.6 Å². The zero-order valence-electron chi connectivity index (χ0n) is 18.6. The predicted octanol–water partition coefficient (Wildman–Crippen LogP) is 1.58. The first kappa shape index (κ1) is 22.1. The second-order valence-electron chi connectivity index (χ2n) is 8.32. The van der Waals surface area contributed by atoms with Gasteiger partial charge in [-0.1, -0.05) is 12.5 Å². The molecule has 3 N–H and O–H groups in total. The normalized spacial score (nSPS) is 16.0. The molecule has 1 aromatic carbocycles.